The molecule has 1 aromatic carbocycles. The maximum atomic E-state index is 12.7. The van der Waals surface area contributed by atoms with Crippen LogP contribution in [0, 0.1) is 11.8 Å². The largest absolute Gasteiger partial charge is 0.507 e. The van der Waals surface area contributed by atoms with Crippen LogP contribution in [0.25, 0.3) is 0 Å². The third kappa shape index (κ3) is 4.77. The highest BCUT2D eigenvalue weighted by molar-refractivity contribution is 5.97. The molecule has 1 fully saturated rings. The first-order valence-corrected chi connectivity index (χ1v) is 9.63. The van der Waals surface area contributed by atoms with Crippen LogP contribution in [0.3, 0.4) is 0 Å². The Morgan fingerprint density at radius 2 is 1.73 bits per heavy atom. The van der Waals surface area contributed by atoms with Gasteiger partial charge in [-0.1, -0.05) is 33.8 Å². The number of piperidine rings is 1. The standard InChI is InChI=1S/C21H32N2O3/c1-13(2)15(5)22-20(25)16-8-10-23(11-9-16)21(26)18-7-6-17(14(3)4)12-19(18)24/h6-7,12-16,24H,8-11H2,1-5H3,(H,22,25). The molecule has 2 amide bonds. The zero-order valence-electron chi connectivity index (χ0n) is 16.6. The molecule has 1 saturated heterocycles. The van der Waals surface area contributed by atoms with Crippen LogP contribution in [0.2, 0.25) is 0 Å². The molecule has 1 atom stereocenters. The fraction of sp³-hybridized carbons (Fsp3) is 0.619. The van der Waals surface area contributed by atoms with E-state index in [4.69, 9.17) is 0 Å². The molecule has 0 saturated carbocycles. The van der Waals surface area contributed by atoms with Crippen molar-refractivity contribution in [3.63, 3.8) is 0 Å². The number of amides is 2. The Bertz CT molecular complexity index is 647. The van der Waals surface area contributed by atoms with Crippen molar-refractivity contribution in [1.82, 2.24) is 10.2 Å². The van der Waals surface area contributed by atoms with Gasteiger partial charge in [0.05, 0.1) is 5.56 Å². The second kappa shape index (κ2) is 8.56. The van der Waals surface area contributed by atoms with Crippen molar-refractivity contribution in [1.29, 1.82) is 0 Å². The van der Waals surface area contributed by atoms with Crippen molar-refractivity contribution in [2.24, 2.45) is 11.8 Å². The summed E-state index contributed by atoms with van der Waals surface area (Å²) >= 11 is 0. The quantitative estimate of drug-likeness (QED) is 0.844. The second-order valence-electron chi connectivity index (χ2n) is 8.04. The van der Waals surface area contributed by atoms with Gasteiger partial charge < -0.3 is 15.3 Å². The van der Waals surface area contributed by atoms with Gasteiger partial charge >= 0.3 is 0 Å². The molecule has 0 bridgehead atoms. The van der Waals surface area contributed by atoms with Crippen LogP contribution < -0.4 is 5.32 Å². The average Bonchev–Trinajstić information content (AvgIpc) is 2.60. The highest BCUT2D eigenvalue weighted by Crippen LogP contribution is 2.27. The van der Waals surface area contributed by atoms with E-state index in [2.05, 4.69) is 19.2 Å². The molecule has 1 aliphatic rings. The number of aromatic hydroxyl groups is 1. The maximum absolute atomic E-state index is 12.7. The first-order valence-electron chi connectivity index (χ1n) is 9.63. The average molecular weight is 360 g/mol. The van der Waals surface area contributed by atoms with E-state index in [9.17, 15) is 14.7 Å². The molecule has 5 nitrogen and oxygen atoms in total. The Morgan fingerprint density at radius 1 is 1.12 bits per heavy atom. The molecule has 144 valence electrons. The fourth-order valence-electron chi connectivity index (χ4n) is 3.11. The number of nitrogens with one attached hydrogen (secondary N) is 1. The summed E-state index contributed by atoms with van der Waals surface area (Å²) in [5, 5.41) is 13.3. The van der Waals surface area contributed by atoms with E-state index in [1.165, 1.54) is 0 Å². The lowest BCUT2D eigenvalue weighted by molar-refractivity contribution is -0.127. The smallest absolute Gasteiger partial charge is 0.257 e. The minimum Gasteiger partial charge on any atom is -0.507 e. The van der Waals surface area contributed by atoms with Gasteiger partial charge in [0.2, 0.25) is 5.91 Å². The number of nitrogens with zero attached hydrogens (tertiary/aromatic N) is 1. The molecule has 5 heteroatoms. The molecular weight excluding hydrogens is 328 g/mol. The minimum atomic E-state index is -0.160. The molecule has 1 heterocycles. The molecule has 2 rings (SSSR count). The minimum absolute atomic E-state index is 0.0341. The highest BCUT2D eigenvalue weighted by atomic mass is 16.3. The summed E-state index contributed by atoms with van der Waals surface area (Å²) in [5.41, 5.74) is 1.35. The van der Waals surface area contributed by atoms with Crippen LogP contribution in [-0.4, -0.2) is 41.0 Å². The Balaban J connectivity index is 1.95. The van der Waals surface area contributed by atoms with Gasteiger partial charge in [-0.05, 0) is 49.3 Å². The third-order valence-electron chi connectivity index (χ3n) is 5.44. The van der Waals surface area contributed by atoms with Crippen molar-refractivity contribution in [2.45, 2.75) is 59.4 Å². The molecule has 0 aliphatic carbocycles. The maximum Gasteiger partial charge on any atom is 0.257 e. The SMILES string of the molecule is CC(C)c1ccc(C(=O)N2CCC(C(=O)NC(C)C(C)C)CC2)c(O)c1. The number of hydrogen-bond acceptors (Lipinski definition) is 3. The number of carbonyl (C=O) groups is 2. The van der Waals surface area contributed by atoms with E-state index in [-0.39, 0.29) is 29.5 Å². The summed E-state index contributed by atoms with van der Waals surface area (Å²) in [7, 11) is 0. The van der Waals surface area contributed by atoms with Gasteiger partial charge in [-0.3, -0.25) is 9.59 Å². The van der Waals surface area contributed by atoms with Gasteiger partial charge in [-0.2, -0.15) is 0 Å². The Kier molecular flexibility index (Phi) is 6.68. The molecular formula is C21H32N2O3. The molecule has 1 unspecified atom stereocenters. The normalized spacial score (nSPS) is 16.8. The van der Waals surface area contributed by atoms with Crippen LogP contribution in [0.15, 0.2) is 18.2 Å². The first-order chi connectivity index (χ1) is 12.2. The van der Waals surface area contributed by atoms with Gasteiger partial charge in [0.25, 0.3) is 5.91 Å². The topological polar surface area (TPSA) is 69.6 Å². The van der Waals surface area contributed by atoms with Gasteiger partial charge in [0, 0.05) is 25.0 Å². The van der Waals surface area contributed by atoms with E-state index >= 15 is 0 Å². The van der Waals surface area contributed by atoms with Gasteiger partial charge in [-0.15, -0.1) is 0 Å². The lowest BCUT2D eigenvalue weighted by atomic mass is 9.94. The summed E-state index contributed by atoms with van der Waals surface area (Å²) in [6.07, 6.45) is 1.32. The third-order valence-corrected chi connectivity index (χ3v) is 5.44. The van der Waals surface area contributed by atoms with E-state index < -0.39 is 0 Å². The predicted octanol–water partition coefficient (Wildman–Crippen LogP) is 3.53. The summed E-state index contributed by atoms with van der Waals surface area (Å²) < 4.78 is 0. The van der Waals surface area contributed by atoms with Crippen molar-refractivity contribution >= 4 is 11.8 Å². The zero-order chi connectivity index (χ0) is 19.4. The van der Waals surface area contributed by atoms with E-state index in [1.807, 2.05) is 26.8 Å². The Morgan fingerprint density at radius 3 is 2.23 bits per heavy atom. The number of likely N-dealkylation sites (tertiary alicyclic amines) is 1. The van der Waals surface area contributed by atoms with Crippen molar-refractivity contribution in [2.75, 3.05) is 13.1 Å². The molecule has 1 aromatic rings. The summed E-state index contributed by atoms with van der Waals surface area (Å²) in [6.45, 7) is 11.4. The lowest BCUT2D eigenvalue weighted by Crippen LogP contribution is -2.45. The van der Waals surface area contributed by atoms with Crippen LogP contribution in [0.5, 0.6) is 5.75 Å². The van der Waals surface area contributed by atoms with Crippen LogP contribution in [0.4, 0.5) is 0 Å². The molecule has 26 heavy (non-hydrogen) atoms. The first kappa shape index (κ1) is 20.3. The fourth-order valence-corrected chi connectivity index (χ4v) is 3.11. The lowest BCUT2D eigenvalue weighted by Gasteiger charge is -2.32. The Hall–Kier alpha value is -2.04. The summed E-state index contributed by atoms with van der Waals surface area (Å²) in [6, 6.07) is 5.42. The molecule has 0 spiro atoms. The predicted molar refractivity (Wildman–Crippen MR) is 103 cm³/mol. The number of benzene rings is 1. The van der Waals surface area contributed by atoms with Gasteiger partial charge in [0.15, 0.2) is 0 Å². The van der Waals surface area contributed by atoms with E-state index in [0.29, 0.717) is 43.3 Å². The number of phenolic OH excluding ortho intramolecular Hbond substituents is 1. The number of phenols is 1. The van der Waals surface area contributed by atoms with Crippen LogP contribution >= 0.6 is 0 Å². The molecule has 1 aliphatic heterocycles. The second-order valence-corrected chi connectivity index (χ2v) is 8.04. The summed E-state index contributed by atoms with van der Waals surface area (Å²) in [4.78, 5) is 26.8. The van der Waals surface area contributed by atoms with Crippen LogP contribution in [-0.2, 0) is 4.79 Å². The molecule has 0 radical (unpaired) electrons. The van der Waals surface area contributed by atoms with Gasteiger partial charge in [-0.25, -0.2) is 0 Å². The van der Waals surface area contributed by atoms with E-state index in [0.717, 1.165) is 5.56 Å². The Labute approximate surface area is 156 Å². The molecule has 2 N–H and O–H groups in total. The highest BCUT2D eigenvalue weighted by Gasteiger charge is 2.29. The van der Waals surface area contributed by atoms with E-state index in [1.54, 1.807) is 17.0 Å². The van der Waals surface area contributed by atoms with Crippen molar-refractivity contribution in [3.8, 4) is 5.75 Å². The van der Waals surface area contributed by atoms with Crippen molar-refractivity contribution in [3.05, 3.63) is 29.3 Å². The van der Waals surface area contributed by atoms with Crippen molar-refractivity contribution < 1.29 is 14.7 Å². The number of rotatable bonds is 5. The molecule has 0 aromatic heterocycles. The number of carbonyl (C=O) groups excluding carboxylic acids is 2. The summed E-state index contributed by atoms with van der Waals surface area (Å²) in [5.74, 6) is 0.614. The number of hydrogen-bond donors (Lipinski definition) is 2. The van der Waals surface area contributed by atoms with Crippen LogP contribution in [0.1, 0.15) is 69.3 Å². The monoisotopic (exact) mass is 360 g/mol. The van der Waals surface area contributed by atoms with Gasteiger partial charge in [0.1, 0.15) is 5.75 Å². The zero-order valence-corrected chi connectivity index (χ0v) is 16.6.